The Balaban J connectivity index is 0.00000408. The summed E-state index contributed by atoms with van der Waals surface area (Å²) >= 11 is 3.26. The van der Waals surface area contributed by atoms with Gasteiger partial charge in [0.25, 0.3) is 11.8 Å². The molecule has 1 atom stereocenters. The molecular weight excluding hydrogens is 528 g/mol. The molecule has 34 heavy (non-hydrogen) atoms. The van der Waals surface area contributed by atoms with Gasteiger partial charge in [-0.3, -0.25) is 14.9 Å². The molecule has 1 heterocycles. The molecule has 0 radical (unpaired) electrons. The Kier molecular flexibility index (Phi) is 9.48. The summed E-state index contributed by atoms with van der Waals surface area (Å²) in [7, 11) is 0. The van der Waals surface area contributed by atoms with Gasteiger partial charge in [-0.25, -0.2) is 14.8 Å². The highest BCUT2D eigenvalue weighted by Gasteiger charge is 2.18. The molecule has 0 fully saturated rings. The second kappa shape index (κ2) is 12.1. The molecule has 0 unspecified atom stereocenters. The molecule has 4 amide bonds. The molecule has 0 bridgehead atoms. The van der Waals surface area contributed by atoms with Crippen molar-refractivity contribution in [2.45, 2.75) is 19.9 Å². The molecule has 6 N–H and O–H groups in total. The minimum absolute atomic E-state index is 0. The number of quaternary nitrogens is 1. The van der Waals surface area contributed by atoms with Crippen molar-refractivity contribution >= 4 is 45.2 Å². The number of para-hydroxylation sites is 1. The molecule has 0 aliphatic carbocycles. The number of halogens is 2. The van der Waals surface area contributed by atoms with Crippen LogP contribution in [0.25, 0.3) is 0 Å². The molecule has 1 aromatic heterocycles. The van der Waals surface area contributed by atoms with E-state index < -0.39 is 18.0 Å². The maximum atomic E-state index is 12.6. The first-order valence-corrected chi connectivity index (χ1v) is 10.6. The SMILES string of the molecule is Cc1cc(NC(=O)NC(=O)c2ccccc2NC(=O)[C@@H](C)[NH3+])ccc1Oc1ncc(Br)cn1.[Cl-]. The first-order valence-electron chi connectivity index (χ1n) is 9.84. The average molecular weight is 550 g/mol. The number of carbonyl (C=O) groups excluding carboxylic acids is 3. The number of imide groups is 1. The van der Waals surface area contributed by atoms with Crippen LogP contribution in [0.15, 0.2) is 59.3 Å². The largest absolute Gasteiger partial charge is 1.00 e. The van der Waals surface area contributed by atoms with Gasteiger partial charge >= 0.3 is 12.0 Å². The molecule has 10 nitrogen and oxygen atoms in total. The maximum absolute atomic E-state index is 12.6. The van der Waals surface area contributed by atoms with E-state index in [2.05, 4.69) is 47.6 Å². The number of carbonyl (C=O) groups is 3. The van der Waals surface area contributed by atoms with Crippen LogP contribution < -0.4 is 38.8 Å². The van der Waals surface area contributed by atoms with Gasteiger partial charge in [-0.2, -0.15) is 0 Å². The van der Waals surface area contributed by atoms with Crippen LogP contribution in [0.1, 0.15) is 22.8 Å². The van der Waals surface area contributed by atoms with Gasteiger partial charge in [-0.1, -0.05) is 12.1 Å². The predicted molar refractivity (Wildman–Crippen MR) is 125 cm³/mol. The lowest BCUT2D eigenvalue weighted by Gasteiger charge is -2.13. The third-order valence-corrected chi connectivity index (χ3v) is 4.74. The fraction of sp³-hybridized carbons (Fsp3) is 0.136. The Hall–Kier alpha value is -3.54. The quantitative estimate of drug-likeness (QED) is 0.337. The lowest BCUT2D eigenvalue weighted by molar-refractivity contribution is -0.396. The van der Waals surface area contributed by atoms with Crippen LogP contribution in [0, 0.1) is 6.92 Å². The van der Waals surface area contributed by atoms with Crippen molar-refractivity contribution in [1.82, 2.24) is 15.3 Å². The zero-order chi connectivity index (χ0) is 24.0. The van der Waals surface area contributed by atoms with Crippen molar-refractivity contribution in [3.05, 3.63) is 70.5 Å². The second-order valence-electron chi connectivity index (χ2n) is 7.11. The van der Waals surface area contributed by atoms with E-state index in [0.717, 1.165) is 10.0 Å². The van der Waals surface area contributed by atoms with Crippen LogP contribution in [-0.4, -0.2) is 33.9 Å². The number of benzene rings is 2. The molecule has 178 valence electrons. The zero-order valence-electron chi connectivity index (χ0n) is 18.3. The van der Waals surface area contributed by atoms with Gasteiger partial charge < -0.3 is 33.5 Å². The van der Waals surface area contributed by atoms with Gasteiger partial charge in [0.05, 0.1) is 15.7 Å². The Labute approximate surface area is 210 Å². The summed E-state index contributed by atoms with van der Waals surface area (Å²) in [6, 6.07) is 10.3. The molecule has 0 spiro atoms. The van der Waals surface area contributed by atoms with Crippen LogP contribution in [0.3, 0.4) is 0 Å². The molecule has 0 saturated carbocycles. The van der Waals surface area contributed by atoms with Crippen LogP contribution in [0.2, 0.25) is 0 Å². The van der Waals surface area contributed by atoms with Crippen molar-refractivity contribution in [2.75, 3.05) is 10.6 Å². The molecule has 0 aliphatic heterocycles. The topological polar surface area (TPSA) is 150 Å². The van der Waals surface area contributed by atoms with E-state index in [1.165, 1.54) is 6.07 Å². The summed E-state index contributed by atoms with van der Waals surface area (Å²) in [6.45, 7) is 3.43. The maximum Gasteiger partial charge on any atom is 0.326 e. The number of ether oxygens (including phenoxy) is 1. The molecule has 2 aromatic carbocycles. The number of urea groups is 1. The predicted octanol–water partition coefficient (Wildman–Crippen LogP) is -0.125. The van der Waals surface area contributed by atoms with E-state index in [4.69, 9.17) is 4.74 Å². The minimum atomic E-state index is -0.726. The Morgan fingerprint density at radius 1 is 1.06 bits per heavy atom. The smallest absolute Gasteiger partial charge is 0.326 e. The molecule has 0 saturated heterocycles. The number of amides is 4. The Bertz CT molecular complexity index is 1190. The third kappa shape index (κ3) is 7.24. The monoisotopic (exact) mass is 548 g/mol. The number of hydrogen-bond acceptors (Lipinski definition) is 6. The summed E-state index contributed by atoms with van der Waals surface area (Å²) in [5, 5.41) is 7.48. The number of rotatable bonds is 6. The van der Waals surface area contributed by atoms with Crippen LogP contribution in [0.4, 0.5) is 16.2 Å². The third-order valence-electron chi connectivity index (χ3n) is 4.33. The number of aromatic nitrogens is 2. The van der Waals surface area contributed by atoms with Crippen molar-refractivity contribution in [3.63, 3.8) is 0 Å². The van der Waals surface area contributed by atoms with Crippen molar-refractivity contribution in [3.8, 4) is 11.8 Å². The van der Waals surface area contributed by atoms with E-state index in [-0.39, 0.29) is 35.6 Å². The van der Waals surface area contributed by atoms with Crippen molar-refractivity contribution in [2.24, 2.45) is 0 Å². The molecule has 12 heteroatoms. The summed E-state index contributed by atoms with van der Waals surface area (Å²) in [6.07, 6.45) is 3.14. The number of anilines is 2. The standard InChI is InChI=1S/C22H21BrN6O4.ClH/c1-12-9-15(7-8-18(12)33-22-25-10-14(23)11-26-22)27-21(32)29-20(31)16-5-3-4-6-17(16)28-19(30)13(2)24;/h3-11,13H,24H2,1-2H3,(H,28,30)(H2,27,29,31,32);1H/t13-;/m1./s1. The molecule has 0 aliphatic rings. The second-order valence-corrected chi connectivity index (χ2v) is 8.03. The number of nitrogens with one attached hydrogen (secondary N) is 3. The first-order chi connectivity index (χ1) is 15.7. The highest BCUT2D eigenvalue weighted by Crippen LogP contribution is 2.25. The van der Waals surface area contributed by atoms with E-state index in [1.807, 2.05) is 0 Å². The van der Waals surface area contributed by atoms with E-state index >= 15 is 0 Å². The lowest BCUT2D eigenvalue weighted by atomic mass is 10.1. The summed E-state index contributed by atoms with van der Waals surface area (Å²) in [4.78, 5) is 45.0. The van der Waals surface area contributed by atoms with Crippen LogP contribution in [-0.2, 0) is 4.79 Å². The molecule has 3 aromatic rings. The van der Waals surface area contributed by atoms with Crippen LogP contribution in [0.5, 0.6) is 11.8 Å². The lowest BCUT2D eigenvalue weighted by Crippen LogP contribution is -3.00. The summed E-state index contributed by atoms with van der Waals surface area (Å²) in [5.41, 5.74) is 5.26. The van der Waals surface area contributed by atoms with E-state index in [1.54, 1.807) is 62.6 Å². The van der Waals surface area contributed by atoms with Crippen molar-refractivity contribution in [1.29, 1.82) is 0 Å². The van der Waals surface area contributed by atoms with E-state index in [0.29, 0.717) is 11.4 Å². The number of aryl methyl sites for hydroxylation is 1. The Morgan fingerprint density at radius 2 is 1.74 bits per heavy atom. The number of hydrogen-bond donors (Lipinski definition) is 4. The van der Waals surface area contributed by atoms with Gasteiger partial charge in [0.2, 0.25) is 0 Å². The fourth-order valence-electron chi connectivity index (χ4n) is 2.67. The highest BCUT2D eigenvalue weighted by molar-refractivity contribution is 9.10. The normalized spacial score (nSPS) is 10.9. The zero-order valence-corrected chi connectivity index (χ0v) is 20.6. The Morgan fingerprint density at radius 3 is 2.38 bits per heavy atom. The summed E-state index contributed by atoms with van der Waals surface area (Å²) in [5.74, 6) is -0.487. The van der Waals surface area contributed by atoms with Crippen molar-refractivity contribution < 1.29 is 37.3 Å². The fourth-order valence-corrected chi connectivity index (χ4v) is 2.88. The van der Waals surface area contributed by atoms with Gasteiger partial charge in [-0.15, -0.1) is 0 Å². The first kappa shape index (κ1) is 26.7. The number of nitrogens with zero attached hydrogens (tertiary/aromatic N) is 2. The van der Waals surface area contributed by atoms with Gasteiger partial charge in [0.15, 0.2) is 6.04 Å². The van der Waals surface area contributed by atoms with E-state index in [9.17, 15) is 14.4 Å². The van der Waals surface area contributed by atoms with Crippen LogP contribution >= 0.6 is 15.9 Å². The van der Waals surface area contributed by atoms with Gasteiger partial charge in [0.1, 0.15) is 5.75 Å². The summed E-state index contributed by atoms with van der Waals surface area (Å²) < 4.78 is 6.37. The average Bonchev–Trinajstić information content (AvgIpc) is 2.77. The van der Waals surface area contributed by atoms with Gasteiger partial charge in [0, 0.05) is 18.1 Å². The highest BCUT2D eigenvalue weighted by atomic mass is 79.9. The molecule has 3 rings (SSSR count). The van der Waals surface area contributed by atoms with Gasteiger partial charge in [-0.05, 0) is 65.7 Å². The minimum Gasteiger partial charge on any atom is -1.00 e. The molecular formula is C22H22BrClN6O4.